The normalized spacial score (nSPS) is 10.8. The molecule has 0 spiro atoms. The van der Waals surface area contributed by atoms with Crippen LogP contribution in [0.3, 0.4) is 0 Å². The fourth-order valence-corrected chi connectivity index (χ4v) is 2.52. The van der Waals surface area contributed by atoms with E-state index in [2.05, 4.69) is 13.8 Å². The minimum atomic E-state index is 0.368. The molecule has 0 heterocycles. The van der Waals surface area contributed by atoms with Gasteiger partial charge in [0, 0.05) is 16.3 Å². The minimum absolute atomic E-state index is 0.368. The summed E-state index contributed by atoms with van der Waals surface area (Å²) in [6, 6.07) is 11.7. The van der Waals surface area contributed by atoms with Crippen molar-refractivity contribution in [2.75, 3.05) is 5.73 Å². The van der Waals surface area contributed by atoms with E-state index in [1.165, 1.54) is 0 Å². The Labute approximate surface area is 125 Å². The predicted octanol–water partition coefficient (Wildman–Crippen LogP) is 4.93. The van der Waals surface area contributed by atoms with Crippen molar-refractivity contribution < 1.29 is 4.74 Å². The molecule has 0 aromatic heterocycles. The van der Waals surface area contributed by atoms with Crippen LogP contribution in [0, 0.1) is 6.92 Å². The largest absolute Gasteiger partial charge is 0.489 e. The van der Waals surface area contributed by atoms with Crippen molar-refractivity contribution in [2.45, 2.75) is 33.3 Å². The summed E-state index contributed by atoms with van der Waals surface area (Å²) >= 11 is 6.26. The van der Waals surface area contributed by atoms with Crippen LogP contribution in [0.25, 0.3) is 0 Å². The second-order valence-corrected chi connectivity index (χ2v) is 5.69. The Morgan fingerprint density at radius 3 is 2.55 bits per heavy atom. The number of ether oxygens (including phenoxy) is 1. The number of para-hydroxylation sites is 1. The maximum atomic E-state index is 6.26. The summed E-state index contributed by atoms with van der Waals surface area (Å²) in [5.41, 5.74) is 9.81. The highest BCUT2D eigenvalue weighted by molar-refractivity contribution is 6.31. The van der Waals surface area contributed by atoms with E-state index in [-0.39, 0.29) is 0 Å². The molecule has 0 atom stereocenters. The second-order valence-electron chi connectivity index (χ2n) is 5.28. The van der Waals surface area contributed by atoms with Gasteiger partial charge in [0.25, 0.3) is 0 Å². The Kier molecular flexibility index (Phi) is 4.56. The molecule has 0 unspecified atom stereocenters. The molecule has 0 saturated heterocycles. The number of nitrogens with two attached hydrogens (primary N) is 1. The van der Waals surface area contributed by atoms with E-state index in [1.54, 1.807) is 0 Å². The lowest BCUT2D eigenvalue weighted by Crippen LogP contribution is -2.02. The van der Waals surface area contributed by atoms with E-state index in [0.29, 0.717) is 12.5 Å². The van der Waals surface area contributed by atoms with Crippen LogP contribution in [0.2, 0.25) is 5.02 Å². The number of hydrogen-bond acceptors (Lipinski definition) is 2. The fourth-order valence-electron chi connectivity index (χ4n) is 2.09. The van der Waals surface area contributed by atoms with E-state index < -0.39 is 0 Å². The molecule has 106 valence electrons. The summed E-state index contributed by atoms with van der Waals surface area (Å²) in [6.45, 7) is 6.71. The van der Waals surface area contributed by atoms with E-state index in [4.69, 9.17) is 22.1 Å². The molecule has 0 fully saturated rings. The van der Waals surface area contributed by atoms with Crippen molar-refractivity contribution in [2.24, 2.45) is 0 Å². The first-order valence-corrected chi connectivity index (χ1v) is 7.13. The average Bonchev–Trinajstić information content (AvgIpc) is 2.39. The predicted molar refractivity (Wildman–Crippen MR) is 85.5 cm³/mol. The lowest BCUT2D eigenvalue weighted by molar-refractivity contribution is 0.304. The number of anilines is 1. The molecule has 0 aliphatic carbocycles. The molecular weight excluding hydrogens is 270 g/mol. The summed E-state index contributed by atoms with van der Waals surface area (Å²) in [5.74, 6) is 1.23. The smallest absolute Gasteiger partial charge is 0.123 e. The van der Waals surface area contributed by atoms with Gasteiger partial charge in [-0.15, -0.1) is 0 Å². The number of nitrogen functional groups attached to an aromatic ring is 1. The number of halogens is 1. The van der Waals surface area contributed by atoms with Gasteiger partial charge in [-0.1, -0.05) is 43.6 Å². The SMILES string of the molecule is Cc1cc(Cl)c(C(C)C)cc1OCc1ccccc1N. The summed E-state index contributed by atoms with van der Waals surface area (Å²) in [4.78, 5) is 0. The van der Waals surface area contributed by atoms with Crippen LogP contribution in [-0.2, 0) is 6.61 Å². The topological polar surface area (TPSA) is 35.2 Å². The van der Waals surface area contributed by atoms with E-state index in [0.717, 1.165) is 33.1 Å². The number of hydrogen-bond donors (Lipinski definition) is 1. The van der Waals surface area contributed by atoms with Crippen molar-refractivity contribution in [1.82, 2.24) is 0 Å². The van der Waals surface area contributed by atoms with Crippen LogP contribution >= 0.6 is 11.6 Å². The summed E-state index contributed by atoms with van der Waals surface area (Å²) < 4.78 is 5.91. The Morgan fingerprint density at radius 1 is 1.20 bits per heavy atom. The highest BCUT2D eigenvalue weighted by Gasteiger charge is 2.10. The molecule has 2 aromatic rings. The third-order valence-electron chi connectivity index (χ3n) is 3.35. The van der Waals surface area contributed by atoms with E-state index in [1.807, 2.05) is 43.3 Å². The van der Waals surface area contributed by atoms with Crippen molar-refractivity contribution >= 4 is 17.3 Å². The first-order chi connectivity index (χ1) is 9.49. The Hall–Kier alpha value is -1.67. The zero-order valence-corrected chi connectivity index (χ0v) is 12.9. The third kappa shape index (κ3) is 3.26. The molecule has 2 nitrogen and oxygen atoms in total. The number of rotatable bonds is 4. The van der Waals surface area contributed by atoms with E-state index >= 15 is 0 Å². The minimum Gasteiger partial charge on any atom is -0.489 e. The highest BCUT2D eigenvalue weighted by atomic mass is 35.5. The van der Waals surface area contributed by atoms with Crippen molar-refractivity contribution in [3.63, 3.8) is 0 Å². The number of aryl methyl sites for hydroxylation is 1. The molecule has 20 heavy (non-hydrogen) atoms. The summed E-state index contributed by atoms with van der Waals surface area (Å²) in [7, 11) is 0. The molecule has 2 rings (SSSR count). The molecule has 0 saturated carbocycles. The molecular formula is C17H20ClNO. The maximum Gasteiger partial charge on any atom is 0.123 e. The van der Waals surface area contributed by atoms with Crippen LogP contribution in [0.15, 0.2) is 36.4 Å². The van der Waals surface area contributed by atoms with Crippen molar-refractivity contribution in [3.8, 4) is 5.75 Å². The molecule has 0 aliphatic heterocycles. The molecule has 0 aliphatic rings. The standard InChI is InChI=1S/C17H20ClNO/c1-11(2)14-9-17(12(3)8-15(14)18)20-10-13-6-4-5-7-16(13)19/h4-9,11H,10,19H2,1-3H3. The Balaban J connectivity index is 2.21. The van der Waals surface area contributed by atoms with Gasteiger partial charge in [-0.05, 0) is 42.2 Å². The van der Waals surface area contributed by atoms with Gasteiger partial charge in [0.15, 0.2) is 0 Å². The van der Waals surface area contributed by atoms with Gasteiger partial charge in [0.2, 0.25) is 0 Å². The van der Waals surface area contributed by atoms with Gasteiger partial charge in [0.05, 0.1) is 0 Å². The molecule has 0 amide bonds. The Morgan fingerprint density at radius 2 is 1.90 bits per heavy atom. The van der Waals surface area contributed by atoms with Crippen LogP contribution in [0.4, 0.5) is 5.69 Å². The van der Waals surface area contributed by atoms with Crippen LogP contribution in [0.1, 0.15) is 36.5 Å². The molecule has 0 radical (unpaired) electrons. The maximum absolute atomic E-state index is 6.26. The quantitative estimate of drug-likeness (QED) is 0.810. The monoisotopic (exact) mass is 289 g/mol. The van der Waals surface area contributed by atoms with Gasteiger partial charge < -0.3 is 10.5 Å². The zero-order valence-electron chi connectivity index (χ0n) is 12.1. The molecule has 0 bridgehead atoms. The van der Waals surface area contributed by atoms with Crippen LogP contribution in [0.5, 0.6) is 5.75 Å². The van der Waals surface area contributed by atoms with Gasteiger partial charge in [-0.25, -0.2) is 0 Å². The first-order valence-electron chi connectivity index (χ1n) is 6.75. The third-order valence-corrected chi connectivity index (χ3v) is 3.68. The van der Waals surface area contributed by atoms with Crippen molar-refractivity contribution in [1.29, 1.82) is 0 Å². The van der Waals surface area contributed by atoms with Gasteiger partial charge in [0.1, 0.15) is 12.4 Å². The molecule has 2 N–H and O–H groups in total. The van der Waals surface area contributed by atoms with Crippen LogP contribution in [-0.4, -0.2) is 0 Å². The van der Waals surface area contributed by atoms with Gasteiger partial charge in [-0.3, -0.25) is 0 Å². The lowest BCUT2D eigenvalue weighted by Gasteiger charge is -2.15. The average molecular weight is 290 g/mol. The zero-order chi connectivity index (χ0) is 14.7. The number of benzene rings is 2. The molecule has 2 aromatic carbocycles. The fraction of sp³-hybridized carbons (Fsp3) is 0.294. The summed E-state index contributed by atoms with van der Waals surface area (Å²) in [5, 5.41) is 0.795. The lowest BCUT2D eigenvalue weighted by atomic mass is 10.0. The van der Waals surface area contributed by atoms with E-state index in [9.17, 15) is 0 Å². The molecule has 3 heteroatoms. The Bertz CT molecular complexity index is 608. The first kappa shape index (κ1) is 14.7. The van der Waals surface area contributed by atoms with Crippen LogP contribution < -0.4 is 10.5 Å². The second kappa shape index (κ2) is 6.19. The highest BCUT2D eigenvalue weighted by Crippen LogP contribution is 2.32. The van der Waals surface area contributed by atoms with Crippen molar-refractivity contribution in [3.05, 3.63) is 58.1 Å². The summed E-state index contributed by atoms with van der Waals surface area (Å²) in [6.07, 6.45) is 0. The van der Waals surface area contributed by atoms with Gasteiger partial charge in [-0.2, -0.15) is 0 Å². The van der Waals surface area contributed by atoms with Gasteiger partial charge >= 0.3 is 0 Å².